The summed E-state index contributed by atoms with van der Waals surface area (Å²) >= 11 is -0.629. The summed E-state index contributed by atoms with van der Waals surface area (Å²) in [5.41, 5.74) is 0.280. The monoisotopic (exact) mass is 430 g/mol. The van der Waals surface area contributed by atoms with Crippen LogP contribution in [0.4, 0.5) is 13.2 Å². The second kappa shape index (κ2) is 7.54. The van der Waals surface area contributed by atoms with E-state index in [9.17, 15) is 23.1 Å². The van der Waals surface area contributed by atoms with Gasteiger partial charge in [-0.1, -0.05) is 12.1 Å². The Bertz CT molecular complexity index is 1100. The lowest BCUT2D eigenvalue weighted by Crippen LogP contribution is -2.31. The molecule has 4 rings (SSSR count). The first-order valence-corrected chi connectivity index (χ1v) is 10.8. The number of aromatic nitrogens is 4. The minimum atomic E-state index is -4.45. The first kappa shape index (κ1) is 20.0. The summed E-state index contributed by atoms with van der Waals surface area (Å²) < 4.78 is 48.5. The molecular weight excluding hydrogens is 409 g/mol. The molecule has 1 fully saturated rings. The Kier molecular flexibility index (Phi) is 5.21. The molecule has 0 atom stereocenters. The van der Waals surface area contributed by atoms with Gasteiger partial charge in [0.25, 0.3) is 0 Å². The van der Waals surface area contributed by atoms with Gasteiger partial charge in [-0.05, 0) is 24.1 Å². The van der Waals surface area contributed by atoms with E-state index in [0.29, 0.717) is 29.9 Å². The van der Waals surface area contributed by atoms with Gasteiger partial charge in [0.1, 0.15) is 12.4 Å². The summed E-state index contributed by atoms with van der Waals surface area (Å²) in [5, 5.41) is 12.8. The summed E-state index contributed by atoms with van der Waals surface area (Å²) in [6, 6.07) is 4.01. The number of alkyl halides is 3. The average molecular weight is 430 g/mol. The van der Waals surface area contributed by atoms with Gasteiger partial charge in [0.2, 0.25) is 0 Å². The van der Waals surface area contributed by atoms with Crippen LogP contribution in [0.25, 0.3) is 11.2 Å². The SMILES string of the molecule is Cc1c(Cn2c(CO)nc(=O)c3c2[nH]n3[SH]2CCOCC2)cccc1C(F)(F)F. The molecule has 0 bridgehead atoms. The van der Waals surface area contributed by atoms with Crippen molar-refractivity contribution < 1.29 is 23.0 Å². The molecular formula is C18H21F3N4O3S. The third-order valence-electron chi connectivity index (χ3n) is 5.15. The van der Waals surface area contributed by atoms with Crippen molar-refractivity contribution in [2.24, 2.45) is 0 Å². The fraction of sp³-hybridized carbons (Fsp3) is 0.444. The van der Waals surface area contributed by atoms with Crippen LogP contribution in [0, 0.1) is 6.92 Å². The maximum atomic E-state index is 13.3. The largest absolute Gasteiger partial charge is 0.416 e. The Hall–Kier alpha value is -2.24. The number of nitrogens with one attached hydrogen (secondary N) is 1. The Morgan fingerprint density at radius 3 is 2.69 bits per heavy atom. The van der Waals surface area contributed by atoms with Crippen LogP contribution in [0.1, 0.15) is 22.5 Å². The zero-order valence-corrected chi connectivity index (χ0v) is 16.6. The highest BCUT2D eigenvalue weighted by Gasteiger charge is 2.33. The number of fused-ring (bicyclic) bond motifs is 1. The topological polar surface area (TPSA) is 85.1 Å². The number of hydrogen-bond acceptors (Lipinski definition) is 4. The molecule has 2 N–H and O–H groups in total. The quantitative estimate of drug-likeness (QED) is 0.554. The number of H-pyrrole nitrogens is 1. The van der Waals surface area contributed by atoms with E-state index < -0.39 is 35.0 Å². The summed E-state index contributed by atoms with van der Waals surface area (Å²) in [5.74, 6) is 1.74. The van der Waals surface area contributed by atoms with Crippen molar-refractivity contribution in [2.45, 2.75) is 26.3 Å². The number of benzene rings is 1. The Labute approximate surface area is 166 Å². The van der Waals surface area contributed by atoms with Crippen LogP contribution in [-0.4, -0.2) is 48.6 Å². The molecule has 158 valence electrons. The number of aliphatic hydroxyl groups is 1. The van der Waals surface area contributed by atoms with Gasteiger partial charge in [0.05, 0.1) is 25.3 Å². The number of ether oxygens (including phenoxy) is 1. The van der Waals surface area contributed by atoms with Crippen molar-refractivity contribution in [2.75, 3.05) is 24.7 Å². The van der Waals surface area contributed by atoms with Crippen molar-refractivity contribution in [1.82, 2.24) is 18.7 Å². The number of aliphatic hydroxyl groups excluding tert-OH is 1. The molecule has 1 aliphatic heterocycles. The highest BCUT2D eigenvalue weighted by molar-refractivity contribution is 8.15. The average Bonchev–Trinajstić information content (AvgIpc) is 2.65. The number of thiol groups is 1. The van der Waals surface area contributed by atoms with Gasteiger partial charge >= 0.3 is 11.7 Å². The number of halogens is 3. The lowest BCUT2D eigenvalue weighted by atomic mass is 10.0. The maximum absolute atomic E-state index is 13.3. The molecule has 29 heavy (non-hydrogen) atoms. The van der Waals surface area contributed by atoms with Crippen molar-refractivity contribution in [3.05, 3.63) is 51.1 Å². The van der Waals surface area contributed by atoms with Crippen molar-refractivity contribution in [3.63, 3.8) is 0 Å². The van der Waals surface area contributed by atoms with E-state index in [0.717, 1.165) is 17.6 Å². The maximum Gasteiger partial charge on any atom is 0.416 e. The molecule has 1 aromatic carbocycles. The molecule has 0 unspecified atom stereocenters. The Morgan fingerprint density at radius 1 is 1.31 bits per heavy atom. The van der Waals surface area contributed by atoms with E-state index >= 15 is 0 Å². The predicted molar refractivity (Wildman–Crippen MR) is 104 cm³/mol. The summed E-state index contributed by atoms with van der Waals surface area (Å²) in [6.45, 7) is 2.23. The Morgan fingerprint density at radius 2 is 2.03 bits per heavy atom. The van der Waals surface area contributed by atoms with Crippen LogP contribution in [0.5, 0.6) is 0 Å². The normalized spacial score (nSPS) is 16.7. The fourth-order valence-corrected chi connectivity index (χ4v) is 5.59. The van der Waals surface area contributed by atoms with E-state index in [2.05, 4.69) is 10.1 Å². The molecule has 11 heteroatoms. The third kappa shape index (κ3) is 3.58. The minimum Gasteiger partial charge on any atom is -0.388 e. The lowest BCUT2D eigenvalue weighted by molar-refractivity contribution is -0.138. The minimum absolute atomic E-state index is 0.0587. The van der Waals surface area contributed by atoms with Crippen LogP contribution < -0.4 is 5.56 Å². The molecule has 0 radical (unpaired) electrons. The molecule has 7 nitrogen and oxygen atoms in total. The van der Waals surface area contributed by atoms with Crippen LogP contribution in [0.2, 0.25) is 0 Å². The van der Waals surface area contributed by atoms with Gasteiger partial charge in [0.15, 0.2) is 11.2 Å². The van der Waals surface area contributed by atoms with Gasteiger partial charge in [-0.2, -0.15) is 29.2 Å². The number of nitrogens with zero attached hydrogens (tertiary/aromatic N) is 3. The standard InChI is InChI=1S/C18H21F3N4O3S/c1-11-12(3-2-4-13(11)18(19,20)21)9-24-14(10-26)22-17(27)15-16(24)23-25(15)29-7-5-28-6-8-29/h2-4,23,26,29H,5-10H2,1H3. The second-order valence-electron chi connectivity index (χ2n) is 6.85. The predicted octanol–water partition coefficient (Wildman–Crippen LogP) is 2.19. The van der Waals surface area contributed by atoms with Crippen LogP contribution in [0.15, 0.2) is 23.0 Å². The molecule has 0 amide bonds. The molecule has 0 saturated carbocycles. The van der Waals surface area contributed by atoms with E-state index in [1.165, 1.54) is 13.0 Å². The molecule has 0 aliphatic carbocycles. The van der Waals surface area contributed by atoms with E-state index in [1.54, 1.807) is 10.6 Å². The van der Waals surface area contributed by atoms with Gasteiger partial charge in [-0.25, -0.2) is 4.09 Å². The number of hydrogen-bond donors (Lipinski definition) is 3. The molecule has 1 aliphatic rings. The number of aromatic amines is 1. The molecule has 3 aromatic rings. The van der Waals surface area contributed by atoms with Crippen molar-refractivity contribution >= 4 is 22.2 Å². The van der Waals surface area contributed by atoms with E-state index in [4.69, 9.17) is 4.74 Å². The van der Waals surface area contributed by atoms with Crippen LogP contribution >= 0.6 is 11.1 Å². The Balaban J connectivity index is 1.78. The smallest absolute Gasteiger partial charge is 0.388 e. The van der Waals surface area contributed by atoms with Gasteiger partial charge in [0, 0.05) is 11.5 Å². The van der Waals surface area contributed by atoms with Crippen molar-refractivity contribution in [1.29, 1.82) is 0 Å². The van der Waals surface area contributed by atoms with Gasteiger partial charge in [-0.15, -0.1) is 0 Å². The lowest BCUT2D eigenvalue weighted by Gasteiger charge is -2.32. The molecule has 1 saturated heterocycles. The summed E-state index contributed by atoms with van der Waals surface area (Å²) in [6.07, 6.45) is -4.45. The zero-order chi connectivity index (χ0) is 20.8. The number of rotatable bonds is 4. The third-order valence-corrected chi connectivity index (χ3v) is 7.42. The fourth-order valence-electron chi connectivity index (χ4n) is 3.59. The zero-order valence-electron chi connectivity index (χ0n) is 15.7. The van der Waals surface area contributed by atoms with Gasteiger partial charge in [-0.3, -0.25) is 9.89 Å². The molecule has 0 spiro atoms. The second-order valence-corrected chi connectivity index (χ2v) is 9.16. The highest BCUT2D eigenvalue weighted by atomic mass is 32.2. The summed E-state index contributed by atoms with van der Waals surface area (Å²) in [7, 11) is 0. The first-order valence-electron chi connectivity index (χ1n) is 9.11. The van der Waals surface area contributed by atoms with Crippen LogP contribution in [0.3, 0.4) is 0 Å². The van der Waals surface area contributed by atoms with E-state index in [1.807, 2.05) is 4.09 Å². The molecule has 2 aromatic heterocycles. The van der Waals surface area contributed by atoms with Gasteiger partial charge < -0.3 is 14.4 Å². The first-order chi connectivity index (χ1) is 13.8. The molecule has 3 heterocycles. The van der Waals surface area contributed by atoms with E-state index in [-0.39, 0.29) is 17.9 Å². The van der Waals surface area contributed by atoms with Crippen molar-refractivity contribution in [3.8, 4) is 0 Å². The van der Waals surface area contributed by atoms with Crippen LogP contribution in [-0.2, 0) is 24.1 Å². The highest BCUT2D eigenvalue weighted by Crippen LogP contribution is 2.35. The summed E-state index contributed by atoms with van der Waals surface area (Å²) in [4.78, 5) is 16.5.